The monoisotopic (exact) mass is 412 g/mol. The summed E-state index contributed by atoms with van der Waals surface area (Å²) in [4.78, 5) is 12.9. The Morgan fingerprint density at radius 3 is 2.23 bits per heavy atom. The number of ether oxygens (including phenoxy) is 4. The van der Waals surface area contributed by atoms with Gasteiger partial charge in [-0.15, -0.1) is 0 Å². The number of hydrogen-bond donors (Lipinski definition) is 0. The van der Waals surface area contributed by atoms with Crippen molar-refractivity contribution in [3.8, 4) is 23.0 Å². The maximum atomic E-state index is 12.9. The molecule has 5 heteroatoms. The van der Waals surface area contributed by atoms with Crippen LogP contribution in [0.3, 0.4) is 0 Å². The van der Waals surface area contributed by atoms with E-state index in [1.54, 1.807) is 19.3 Å². The zero-order valence-corrected chi connectivity index (χ0v) is 18.4. The average molecular weight is 413 g/mol. The molecule has 2 aromatic carbocycles. The van der Waals surface area contributed by atoms with Crippen molar-refractivity contribution in [3.63, 3.8) is 0 Å². The molecule has 0 saturated heterocycles. The van der Waals surface area contributed by atoms with Gasteiger partial charge in [-0.2, -0.15) is 0 Å². The Labute approximate surface area is 179 Å². The van der Waals surface area contributed by atoms with Crippen molar-refractivity contribution in [3.05, 3.63) is 53.6 Å². The van der Waals surface area contributed by atoms with Gasteiger partial charge < -0.3 is 18.9 Å². The largest absolute Gasteiger partial charge is 0.493 e. The predicted molar refractivity (Wildman–Crippen MR) is 120 cm³/mol. The van der Waals surface area contributed by atoms with Gasteiger partial charge in [0.25, 0.3) is 0 Å². The van der Waals surface area contributed by atoms with E-state index in [0.29, 0.717) is 48.4 Å². The van der Waals surface area contributed by atoms with E-state index >= 15 is 0 Å². The van der Waals surface area contributed by atoms with Crippen molar-refractivity contribution in [1.29, 1.82) is 0 Å². The van der Waals surface area contributed by atoms with Crippen molar-refractivity contribution in [2.75, 3.05) is 26.9 Å². The predicted octanol–water partition coefficient (Wildman–Crippen LogP) is 5.96. The first kappa shape index (κ1) is 23.3. The zero-order valence-electron chi connectivity index (χ0n) is 18.4. The first-order valence-corrected chi connectivity index (χ1v) is 10.6. The van der Waals surface area contributed by atoms with Crippen molar-refractivity contribution in [1.82, 2.24) is 0 Å². The molecule has 162 valence electrons. The quantitative estimate of drug-likeness (QED) is 0.300. The second-order valence-corrected chi connectivity index (χ2v) is 6.78. The Bertz CT molecular complexity index is 841. The number of para-hydroxylation sites is 1. The van der Waals surface area contributed by atoms with Gasteiger partial charge in [-0.25, -0.2) is 0 Å². The van der Waals surface area contributed by atoms with Gasteiger partial charge in [-0.05, 0) is 49.6 Å². The van der Waals surface area contributed by atoms with Crippen LogP contribution in [0, 0.1) is 0 Å². The fourth-order valence-electron chi connectivity index (χ4n) is 2.80. The fraction of sp³-hybridized carbons (Fsp3) is 0.400. The summed E-state index contributed by atoms with van der Waals surface area (Å²) in [5, 5.41) is 0. The smallest absolute Gasteiger partial charge is 0.189 e. The van der Waals surface area contributed by atoms with Crippen LogP contribution in [0.25, 0.3) is 6.08 Å². The molecule has 0 aliphatic rings. The minimum Gasteiger partial charge on any atom is -0.493 e. The molecule has 0 spiro atoms. The van der Waals surface area contributed by atoms with Gasteiger partial charge in [0.15, 0.2) is 17.3 Å². The SMILES string of the molecule is CCCOc1cc(/C=C/C(=O)c2ccccc2OCCC)c(OCCC)c(OC)c1. The van der Waals surface area contributed by atoms with Crippen molar-refractivity contribution in [2.24, 2.45) is 0 Å². The standard InChI is InChI=1S/C25H32O5/c1-5-14-28-20-17-19(25(30-16-7-3)24(18-20)27-4)12-13-22(26)21-10-8-9-11-23(21)29-15-6-2/h8-13,17-18H,5-7,14-16H2,1-4H3/b13-12+. The molecule has 0 aliphatic carbocycles. The number of rotatable bonds is 13. The van der Waals surface area contributed by atoms with E-state index in [2.05, 4.69) is 0 Å². The number of carbonyl (C=O) groups is 1. The van der Waals surface area contributed by atoms with Gasteiger partial charge in [0.2, 0.25) is 0 Å². The van der Waals surface area contributed by atoms with Gasteiger partial charge in [-0.3, -0.25) is 4.79 Å². The van der Waals surface area contributed by atoms with Crippen LogP contribution >= 0.6 is 0 Å². The molecular weight excluding hydrogens is 380 g/mol. The molecule has 5 nitrogen and oxygen atoms in total. The number of hydrogen-bond acceptors (Lipinski definition) is 5. The summed E-state index contributed by atoms with van der Waals surface area (Å²) in [7, 11) is 1.59. The fourth-order valence-corrected chi connectivity index (χ4v) is 2.80. The lowest BCUT2D eigenvalue weighted by Gasteiger charge is -2.15. The van der Waals surface area contributed by atoms with Gasteiger partial charge in [0.1, 0.15) is 11.5 Å². The lowest BCUT2D eigenvalue weighted by molar-refractivity contribution is 0.104. The lowest BCUT2D eigenvalue weighted by Crippen LogP contribution is -2.03. The Hall–Kier alpha value is -2.95. The van der Waals surface area contributed by atoms with E-state index in [1.165, 1.54) is 6.08 Å². The molecule has 0 unspecified atom stereocenters. The maximum absolute atomic E-state index is 12.9. The second kappa shape index (κ2) is 12.6. The first-order chi connectivity index (χ1) is 14.6. The number of carbonyl (C=O) groups excluding carboxylic acids is 1. The van der Waals surface area contributed by atoms with Crippen LogP contribution in [-0.2, 0) is 0 Å². The highest BCUT2D eigenvalue weighted by atomic mass is 16.5. The number of benzene rings is 2. The van der Waals surface area contributed by atoms with E-state index in [1.807, 2.05) is 51.1 Å². The molecule has 0 heterocycles. The maximum Gasteiger partial charge on any atom is 0.189 e. The van der Waals surface area contributed by atoms with E-state index in [4.69, 9.17) is 18.9 Å². The van der Waals surface area contributed by atoms with E-state index in [-0.39, 0.29) is 5.78 Å². The topological polar surface area (TPSA) is 54.0 Å². The molecule has 30 heavy (non-hydrogen) atoms. The summed E-state index contributed by atoms with van der Waals surface area (Å²) >= 11 is 0. The summed E-state index contributed by atoms with van der Waals surface area (Å²) in [5.74, 6) is 2.31. The second-order valence-electron chi connectivity index (χ2n) is 6.78. The molecule has 0 atom stereocenters. The van der Waals surface area contributed by atoms with Crippen LogP contribution in [-0.4, -0.2) is 32.7 Å². The molecule has 0 radical (unpaired) electrons. The lowest BCUT2D eigenvalue weighted by atomic mass is 10.1. The Morgan fingerprint density at radius 1 is 0.867 bits per heavy atom. The number of allylic oxidation sites excluding steroid dienone is 1. The molecule has 0 aromatic heterocycles. The van der Waals surface area contributed by atoms with Crippen LogP contribution in [0.1, 0.15) is 56.0 Å². The highest BCUT2D eigenvalue weighted by Crippen LogP contribution is 2.37. The van der Waals surface area contributed by atoms with E-state index in [0.717, 1.165) is 24.8 Å². The summed E-state index contributed by atoms with van der Waals surface area (Å²) in [6.07, 6.45) is 5.91. The van der Waals surface area contributed by atoms with Gasteiger partial charge in [0.05, 0.1) is 32.5 Å². The van der Waals surface area contributed by atoms with Gasteiger partial charge in [0, 0.05) is 11.6 Å². The third-order valence-corrected chi connectivity index (χ3v) is 4.23. The van der Waals surface area contributed by atoms with Crippen molar-refractivity contribution in [2.45, 2.75) is 40.0 Å². The highest BCUT2D eigenvalue weighted by molar-refractivity contribution is 6.08. The minimum absolute atomic E-state index is 0.137. The molecule has 0 N–H and O–H groups in total. The molecule has 0 bridgehead atoms. The molecule has 0 saturated carbocycles. The molecule has 2 rings (SSSR count). The average Bonchev–Trinajstić information content (AvgIpc) is 2.78. The molecule has 0 fully saturated rings. The Balaban J connectivity index is 2.36. The van der Waals surface area contributed by atoms with Gasteiger partial charge >= 0.3 is 0 Å². The minimum atomic E-state index is -0.137. The molecule has 2 aromatic rings. The Kier molecular flexibility index (Phi) is 9.78. The van der Waals surface area contributed by atoms with Crippen LogP contribution < -0.4 is 18.9 Å². The van der Waals surface area contributed by atoms with Crippen LogP contribution in [0.4, 0.5) is 0 Å². The zero-order chi connectivity index (χ0) is 21.8. The highest BCUT2D eigenvalue weighted by Gasteiger charge is 2.14. The molecule has 0 amide bonds. The van der Waals surface area contributed by atoms with E-state index < -0.39 is 0 Å². The third kappa shape index (κ3) is 6.55. The van der Waals surface area contributed by atoms with Crippen LogP contribution in [0.2, 0.25) is 0 Å². The summed E-state index contributed by atoms with van der Waals surface area (Å²) in [6, 6.07) is 11.0. The molecule has 0 aliphatic heterocycles. The summed E-state index contributed by atoms with van der Waals surface area (Å²) in [5.41, 5.74) is 1.26. The number of ketones is 1. The van der Waals surface area contributed by atoms with E-state index in [9.17, 15) is 4.79 Å². The first-order valence-electron chi connectivity index (χ1n) is 10.6. The van der Waals surface area contributed by atoms with Crippen LogP contribution in [0.5, 0.6) is 23.0 Å². The summed E-state index contributed by atoms with van der Waals surface area (Å²) in [6.45, 7) is 7.84. The van der Waals surface area contributed by atoms with Gasteiger partial charge in [-0.1, -0.05) is 32.9 Å². The third-order valence-electron chi connectivity index (χ3n) is 4.23. The van der Waals surface area contributed by atoms with Crippen LogP contribution in [0.15, 0.2) is 42.5 Å². The van der Waals surface area contributed by atoms with Crippen molar-refractivity contribution < 1.29 is 23.7 Å². The normalized spacial score (nSPS) is 10.8. The Morgan fingerprint density at radius 2 is 1.53 bits per heavy atom. The van der Waals surface area contributed by atoms with Crippen molar-refractivity contribution >= 4 is 11.9 Å². The molecular formula is C25H32O5. The summed E-state index contributed by atoms with van der Waals surface area (Å²) < 4.78 is 22.9. The number of methoxy groups -OCH3 is 1.